The first-order valence-electron chi connectivity index (χ1n) is 7.81. The minimum absolute atomic E-state index is 0.637. The summed E-state index contributed by atoms with van der Waals surface area (Å²) in [5.74, 6) is 2.05. The Morgan fingerprint density at radius 2 is 1.76 bits per heavy atom. The van der Waals surface area contributed by atoms with Gasteiger partial charge in [-0.2, -0.15) is 15.0 Å². The number of ether oxygens (including phenoxy) is 1. The predicted molar refractivity (Wildman–Crippen MR) is 85.0 cm³/mol. The van der Waals surface area contributed by atoms with Gasteiger partial charge in [0.25, 0.3) is 0 Å². The number of piperidine rings is 1. The Bertz CT molecular complexity index is 422. The van der Waals surface area contributed by atoms with E-state index in [0.717, 1.165) is 45.2 Å². The van der Waals surface area contributed by atoms with Crippen LogP contribution >= 0.6 is 0 Å². The van der Waals surface area contributed by atoms with Crippen LogP contribution in [-0.2, 0) is 4.74 Å². The number of nitrogens with one attached hydrogen (secondary N) is 2. The van der Waals surface area contributed by atoms with Gasteiger partial charge in [0.2, 0.25) is 17.8 Å². The molecule has 2 N–H and O–H groups in total. The molecular weight excluding hydrogens is 268 g/mol. The standard InChI is InChI=1S/C14H26N6O/c1-3-15-12-17-13(16-8-7-11-21-2)19-14(18-12)20-9-5-4-6-10-20/h3-11H2,1-2H3,(H2,15,16,17,18,19). The molecule has 7 nitrogen and oxygen atoms in total. The number of rotatable bonds is 8. The third-order valence-electron chi connectivity index (χ3n) is 3.41. The van der Waals surface area contributed by atoms with Crippen LogP contribution in [0.15, 0.2) is 0 Å². The van der Waals surface area contributed by atoms with Crippen molar-refractivity contribution >= 4 is 17.8 Å². The van der Waals surface area contributed by atoms with Crippen LogP contribution in [-0.4, -0.2) is 54.8 Å². The molecule has 7 heteroatoms. The number of nitrogens with zero attached hydrogens (tertiary/aromatic N) is 4. The van der Waals surface area contributed by atoms with E-state index in [-0.39, 0.29) is 0 Å². The van der Waals surface area contributed by atoms with Crippen molar-refractivity contribution in [1.29, 1.82) is 0 Å². The molecule has 0 radical (unpaired) electrons. The summed E-state index contributed by atoms with van der Waals surface area (Å²) in [6.45, 7) is 6.42. The predicted octanol–water partition coefficient (Wildman–Crippen LogP) is 1.74. The Morgan fingerprint density at radius 3 is 2.43 bits per heavy atom. The van der Waals surface area contributed by atoms with Gasteiger partial charge in [0.1, 0.15) is 0 Å². The van der Waals surface area contributed by atoms with E-state index in [2.05, 4.69) is 30.5 Å². The SMILES string of the molecule is CCNc1nc(NCCCOC)nc(N2CCCCC2)n1. The van der Waals surface area contributed by atoms with Crippen molar-refractivity contribution in [3.05, 3.63) is 0 Å². The van der Waals surface area contributed by atoms with Gasteiger partial charge in [0.15, 0.2) is 0 Å². The highest BCUT2D eigenvalue weighted by atomic mass is 16.5. The molecule has 0 bridgehead atoms. The fourth-order valence-electron chi connectivity index (χ4n) is 2.33. The van der Waals surface area contributed by atoms with Crippen molar-refractivity contribution in [2.75, 3.05) is 55.4 Å². The molecule has 1 saturated heterocycles. The summed E-state index contributed by atoms with van der Waals surface area (Å²) in [6.07, 6.45) is 4.64. The van der Waals surface area contributed by atoms with Gasteiger partial charge in [0.05, 0.1) is 0 Å². The first-order chi connectivity index (χ1) is 10.3. The first kappa shape index (κ1) is 15.8. The Kier molecular flexibility index (Phi) is 6.46. The van der Waals surface area contributed by atoms with Crippen molar-refractivity contribution in [3.63, 3.8) is 0 Å². The van der Waals surface area contributed by atoms with E-state index in [0.29, 0.717) is 11.9 Å². The van der Waals surface area contributed by atoms with Crippen LogP contribution in [0.3, 0.4) is 0 Å². The van der Waals surface area contributed by atoms with Gasteiger partial charge >= 0.3 is 0 Å². The average Bonchev–Trinajstić information content (AvgIpc) is 2.53. The summed E-state index contributed by atoms with van der Waals surface area (Å²) in [4.78, 5) is 15.7. The molecule has 1 fully saturated rings. The summed E-state index contributed by atoms with van der Waals surface area (Å²) < 4.78 is 5.05. The normalized spacial score (nSPS) is 15.0. The maximum absolute atomic E-state index is 5.05. The van der Waals surface area contributed by atoms with Crippen molar-refractivity contribution in [2.45, 2.75) is 32.6 Å². The average molecular weight is 294 g/mol. The second-order valence-corrected chi connectivity index (χ2v) is 5.13. The highest BCUT2D eigenvalue weighted by molar-refractivity contribution is 5.44. The quantitative estimate of drug-likeness (QED) is 0.707. The molecule has 0 unspecified atom stereocenters. The molecule has 0 aliphatic carbocycles. The zero-order valence-corrected chi connectivity index (χ0v) is 13.1. The Balaban J connectivity index is 2.05. The third-order valence-corrected chi connectivity index (χ3v) is 3.41. The number of aromatic nitrogens is 3. The summed E-state index contributed by atoms with van der Waals surface area (Å²) in [7, 11) is 1.71. The zero-order chi connectivity index (χ0) is 14.9. The van der Waals surface area contributed by atoms with Crippen molar-refractivity contribution in [1.82, 2.24) is 15.0 Å². The lowest BCUT2D eigenvalue weighted by molar-refractivity contribution is 0.197. The fourth-order valence-corrected chi connectivity index (χ4v) is 2.33. The summed E-state index contributed by atoms with van der Waals surface area (Å²) in [5, 5.41) is 6.42. The second kappa shape index (κ2) is 8.61. The Morgan fingerprint density at radius 1 is 1.05 bits per heavy atom. The van der Waals surface area contributed by atoms with Crippen molar-refractivity contribution in [3.8, 4) is 0 Å². The van der Waals surface area contributed by atoms with Crippen LogP contribution in [0.1, 0.15) is 32.6 Å². The smallest absolute Gasteiger partial charge is 0.231 e. The van der Waals surface area contributed by atoms with Gasteiger partial charge in [-0.3, -0.25) is 0 Å². The molecular formula is C14H26N6O. The van der Waals surface area contributed by atoms with Crippen LogP contribution in [0.25, 0.3) is 0 Å². The van der Waals surface area contributed by atoms with E-state index in [9.17, 15) is 0 Å². The van der Waals surface area contributed by atoms with Crippen LogP contribution < -0.4 is 15.5 Å². The molecule has 0 atom stereocenters. The molecule has 0 saturated carbocycles. The molecule has 0 amide bonds. The number of hydrogen-bond acceptors (Lipinski definition) is 7. The van der Waals surface area contributed by atoms with E-state index in [1.807, 2.05) is 6.92 Å². The lowest BCUT2D eigenvalue weighted by atomic mass is 10.1. The minimum atomic E-state index is 0.637. The van der Waals surface area contributed by atoms with Gasteiger partial charge < -0.3 is 20.3 Å². The van der Waals surface area contributed by atoms with Gasteiger partial charge in [0, 0.05) is 39.9 Å². The van der Waals surface area contributed by atoms with Crippen LogP contribution in [0.5, 0.6) is 0 Å². The molecule has 21 heavy (non-hydrogen) atoms. The molecule has 0 spiro atoms. The lowest BCUT2D eigenvalue weighted by Gasteiger charge is -2.27. The van der Waals surface area contributed by atoms with Crippen molar-refractivity contribution in [2.24, 2.45) is 0 Å². The molecule has 1 aliphatic rings. The summed E-state index contributed by atoms with van der Waals surface area (Å²) in [5.41, 5.74) is 0. The Hall–Kier alpha value is -1.63. The largest absolute Gasteiger partial charge is 0.385 e. The monoisotopic (exact) mass is 294 g/mol. The molecule has 2 heterocycles. The number of methoxy groups -OCH3 is 1. The maximum Gasteiger partial charge on any atom is 0.231 e. The molecule has 1 aromatic heterocycles. The topological polar surface area (TPSA) is 75.2 Å². The van der Waals surface area contributed by atoms with Crippen LogP contribution in [0.4, 0.5) is 17.8 Å². The molecule has 118 valence electrons. The van der Waals surface area contributed by atoms with Crippen LogP contribution in [0, 0.1) is 0 Å². The van der Waals surface area contributed by atoms with E-state index in [1.165, 1.54) is 19.3 Å². The van der Waals surface area contributed by atoms with Gasteiger partial charge in [-0.1, -0.05) is 0 Å². The lowest BCUT2D eigenvalue weighted by Crippen LogP contribution is -2.31. The van der Waals surface area contributed by atoms with Gasteiger partial charge in [-0.05, 0) is 32.6 Å². The van der Waals surface area contributed by atoms with E-state index >= 15 is 0 Å². The zero-order valence-electron chi connectivity index (χ0n) is 13.1. The third kappa shape index (κ3) is 5.00. The van der Waals surface area contributed by atoms with E-state index in [1.54, 1.807) is 7.11 Å². The summed E-state index contributed by atoms with van der Waals surface area (Å²) in [6, 6.07) is 0. The molecule has 0 aromatic carbocycles. The minimum Gasteiger partial charge on any atom is -0.385 e. The molecule has 1 aromatic rings. The number of anilines is 3. The van der Waals surface area contributed by atoms with Crippen LogP contribution in [0.2, 0.25) is 0 Å². The summed E-state index contributed by atoms with van der Waals surface area (Å²) >= 11 is 0. The van der Waals surface area contributed by atoms with Gasteiger partial charge in [-0.25, -0.2) is 0 Å². The maximum atomic E-state index is 5.05. The highest BCUT2D eigenvalue weighted by Crippen LogP contribution is 2.18. The van der Waals surface area contributed by atoms with Crippen molar-refractivity contribution < 1.29 is 4.74 Å². The Labute approximate surface area is 126 Å². The first-order valence-corrected chi connectivity index (χ1v) is 7.81. The van der Waals surface area contributed by atoms with Gasteiger partial charge in [-0.15, -0.1) is 0 Å². The molecule has 2 rings (SSSR count). The van der Waals surface area contributed by atoms with E-state index in [4.69, 9.17) is 4.74 Å². The number of hydrogen-bond donors (Lipinski definition) is 2. The highest BCUT2D eigenvalue weighted by Gasteiger charge is 2.15. The van der Waals surface area contributed by atoms with E-state index < -0.39 is 0 Å². The molecule has 1 aliphatic heterocycles. The fraction of sp³-hybridized carbons (Fsp3) is 0.786. The second-order valence-electron chi connectivity index (χ2n) is 5.13.